The van der Waals surface area contributed by atoms with Gasteiger partial charge in [-0.2, -0.15) is 0 Å². The fourth-order valence-electron chi connectivity index (χ4n) is 1.35. The van der Waals surface area contributed by atoms with E-state index in [-0.39, 0.29) is 11.7 Å². The molecule has 0 radical (unpaired) electrons. The summed E-state index contributed by atoms with van der Waals surface area (Å²) in [5, 5.41) is 13.8. The molecule has 0 bridgehead atoms. The monoisotopic (exact) mass is 221 g/mol. The summed E-state index contributed by atoms with van der Waals surface area (Å²) in [5.74, 6) is 0.520. The molecule has 0 saturated carbocycles. The highest BCUT2D eigenvalue weighted by molar-refractivity contribution is 5.49. The molecule has 0 fully saturated rings. The Hall–Kier alpha value is -1.91. The molecule has 0 aromatic carbocycles. The van der Waals surface area contributed by atoms with Crippen LogP contribution >= 0.6 is 0 Å². The molecular formula is C11H15N3O2. The molecule has 1 aromatic rings. The van der Waals surface area contributed by atoms with Gasteiger partial charge in [0.15, 0.2) is 0 Å². The van der Waals surface area contributed by atoms with E-state index in [1.807, 2.05) is 6.92 Å². The van der Waals surface area contributed by atoms with Crippen molar-refractivity contribution < 1.29 is 4.92 Å². The zero-order chi connectivity index (χ0) is 12.1. The van der Waals surface area contributed by atoms with E-state index < -0.39 is 4.92 Å². The predicted octanol–water partition coefficient (Wildman–Crippen LogP) is 2.67. The third-order valence-corrected chi connectivity index (χ3v) is 2.19. The second-order valence-electron chi connectivity index (χ2n) is 3.68. The summed E-state index contributed by atoms with van der Waals surface area (Å²) in [6.07, 6.45) is 4.07. The lowest BCUT2D eigenvalue weighted by Gasteiger charge is -2.12. The average molecular weight is 221 g/mol. The Kier molecular flexibility index (Phi) is 3.99. The minimum atomic E-state index is -0.402. The highest BCUT2D eigenvalue weighted by Gasteiger charge is 2.12. The number of aryl methyl sites for hydroxylation is 1. The van der Waals surface area contributed by atoms with Gasteiger partial charge in [-0.25, -0.2) is 4.98 Å². The molecule has 0 saturated heterocycles. The molecule has 1 heterocycles. The Balaban J connectivity index is 2.86. The Morgan fingerprint density at radius 1 is 1.75 bits per heavy atom. The Bertz CT molecular complexity index is 404. The van der Waals surface area contributed by atoms with Crippen molar-refractivity contribution in [2.24, 2.45) is 0 Å². The number of anilines is 1. The van der Waals surface area contributed by atoms with E-state index in [1.165, 1.54) is 12.3 Å². The summed E-state index contributed by atoms with van der Waals surface area (Å²) in [7, 11) is 0. The van der Waals surface area contributed by atoms with Gasteiger partial charge in [0.2, 0.25) is 0 Å². The highest BCUT2D eigenvalue weighted by Crippen LogP contribution is 2.20. The van der Waals surface area contributed by atoms with Crippen LogP contribution < -0.4 is 5.32 Å². The van der Waals surface area contributed by atoms with Crippen molar-refractivity contribution in [3.8, 4) is 0 Å². The first-order valence-electron chi connectivity index (χ1n) is 5.03. The quantitative estimate of drug-likeness (QED) is 0.471. The van der Waals surface area contributed by atoms with Crippen molar-refractivity contribution in [3.63, 3.8) is 0 Å². The molecule has 1 aromatic heterocycles. The molecule has 0 aliphatic carbocycles. The van der Waals surface area contributed by atoms with Crippen LogP contribution in [0, 0.1) is 17.0 Å². The number of nitrogens with zero attached hydrogens (tertiary/aromatic N) is 2. The smallest absolute Gasteiger partial charge is 0.277 e. The van der Waals surface area contributed by atoms with Gasteiger partial charge in [0.25, 0.3) is 5.69 Å². The third-order valence-electron chi connectivity index (χ3n) is 2.19. The number of hydrogen-bond donors (Lipinski definition) is 1. The summed E-state index contributed by atoms with van der Waals surface area (Å²) in [5.41, 5.74) is 0.648. The van der Waals surface area contributed by atoms with Gasteiger partial charge in [-0.15, -0.1) is 6.58 Å². The molecule has 5 heteroatoms. The summed E-state index contributed by atoms with van der Waals surface area (Å²) in [6.45, 7) is 7.27. The molecule has 1 N–H and O–H groups in total. The topological polar surface area (TPSA) is 68.1 Å². The summed E-state index contributed by atoms with van der Waals surface area (Å²) in [6, 6.07) is 1.61. The lowest BCUT2D eigenvalue weighted by Crippen LogP contribution is -2.15. The third kappa shape index (κ3) is 3.05. The van der Waals surface area contributed by atoms with Crippen molar-refractivity contribution in [1.29, 1.82) is 0 Å². The molecule has 86 valence electrons. The minimum Gasteiger partial charge on any atom is -0.367 e. The summed E-state index contributed by atoms with van der Waals surface area (Å²) >= 11 is 0. The van der Waals surface area contributed by atoms with Gasteiger partial charge in [0.05, 0.1) is 11.0 Å². The van der Waals surface area contributed by atoms with Crippen LogP contribution in [0.4, 0.5) is 11.5 Å². The zero-order valence-electron chi connectivity index (χ0n) is 9.43. The van der Waals surface area contributed by atoms with Crippen molar-refractivity contribution in [3.05, 3.63) is 40.6 Å². The molecule has 0 aliphatic rings. The fourth-order valence-corrected chi connectivity index (χ4v) is 1.35. The minimum absolute atomic E-state index is 0.0864. The fraction of sp³-hybridized carbons (Fsp3) is 0.364. The molecule has 1 atom stereocenters. The van der Waals surface area contributed by atoms with Crippen LogP contribution in [0.25, 0.3) is 0 Å². The van der Waals surface area contributed by atoms with Crippen molar-refractivity contribution in [2.75, 3.05) is 5.32 Å². The average Bonchev–Trinajstić information content (AvgIpc) is 2.21. The van der Waals surface area contributed by atoms with Crippen molar-refractivity contribution >= 4 is 11.5 Å². The van der Waals surface area contributed by atoms with Gasteiger partial charge in [-0.1, -0.05) is 6.08 Å². The highest BCUT2D eigenvalue weighted by atomic mass is 16.6. The lowest BCUT2D eigenvalue weighted by atomic mass is 10.2. The first kappa shape index (κ1) is 12.2. The van der Waals surface area contributed by atoms with Gasteiger partial charge >= 0.3 is 0 Å². The van der Waals surface area contributed by atoms with Crippen LogP contribution in [-0.2, 0) is 0 Å². The van der Waals surface area contributed by atoms with E-state index in [0.717, 1.165) is 6.42 Å². The number of pyridine rings is 1. The Labute approximate surface area is 94.4 Å². The summed E-state index contributed by atoms with van der Waals surface area (Å²) < 4.78 is 0. The number of rotatable bonds is 5. The molecule has 1 rings (SSSR count). The van der Waals surface area contributed by atoms with Gasteiger partial charge in [0, 0.05) is 17.8 Å². The second-order valence-corrected chi connectivity index (χ2v) is 3.68. The van der Waals surface area contributed by atoms with E-state index in [0.29, 0.717) is 11.4 Å². The number of nitrogens with one attached hydrogen (secondary N) is 1. The zero-order valence-corrected chi connectivity index (χ0v) is 9.43. The van der Waals surface area contributed by atoms with Crippen LogP contribution in [0.1, 0.15) is 18.9 Å². The first-order chi connectivity index (χ1) is 7.54. The van der Waals surface area contributed by atoms with Crippen LogP contribution in [0.15, 0.2) is 24.9 Å². The van der Waals surface area contributed by atoms with Gasteiger partial charge < -0.3 is 5.32 Å². The van der Waals surface area contributed by atoms with E-state index >= 15 is 0 Å². The molecule has 0 spiro atoms. The molecule has 5 nitrogen and oxygen atoms in total. The Morgan fingerprint density at radius 2 is 2.44 bits per heavy atom. The predicted molar refractivity (Wildman–Crippen MR) is 63.5 cm³/mol. The lowest BCUT2D eigenvalue weighted by molar-refractivity contribution is -0.385. The van der Waals surface area contributed by atoms with E-state index in [2.05, 4.69) is 16.9 Å². The summed E-state index contributed by atoms with van der Waals surface area (Å²) in [4.78, 5) is 14.4. The van der Waals surface area contributed by atoms with Gasteiger partial charge in [-0.3, -0.25) is 10.1 Å². The van der Waals surface area contributed by atoms with E-state index in [1.54, 1.807) is 13.0 Å². The van der Waals surface area contributed by atoms with Crippen LogP contribution in [0.2, 0.25) is 0 Å². The standard InChI is InChI=1S/C11H15N3O2/c1-4-5-9(3)13-11-6-10(14(15)16)8(2)7-12-11/h4,6-7,9H,1,5H2,2-3H3,(H,12,13). The Morgan fingerprint density at radius 3 is 3.00 bits per heavy atom. The second kappa shape index (κ2) is 5.25. The molecule has 0 aliphatic heterocycles. The van der Waals surface area contributed by atoms with Crippen LogP contribution in [0.3, 0.4) is 0 Å². The number of aromatic nitrogens is 1. The SMILES string of the molecule is C=CCC(C)Nc1cc([N+](=O)[O-])c(C)cn1. The van der Waals surface area contributed by atoms with E-state index in [9.17, 15) is 10.1 Å². The van der Waals surface area contributed by atoms with Crippen molar-refractivity contribution in [1.82, 2.24) is 4.98 Å². The molecule has 1 unspecified atom stereocenters. The molecule has 16 heavy (non-hydrogen) atoms. The van der Waals surface area contributed by atoms with Crippen LogP contribution in [0.5, 0.6) is 0 Å². The van der Waals surface area contributed by atoms with Crippen LogP contribution in [-0.4, -0.2) is 15.9 Å². The molecular weight excluding hydrogens is 206 g/mol. The maximum Gasteiger partial charge on any atom is 0.277 e. The van der Waals surface area contributed by atoms with Crippen molar-refractivity contribution in [2.45, 2.75) is 26.3 Å². The largest absolute Gasteiger partial charge is 0.367 e. The number of hydrogen-bond acceptors (Lipinski definition) is 4. The van der Waals surface area contributed by atoms with E-state index in [4.69, 9.17) is 0 Å². The van der Waals surface area contributed by atoms with Gasteiger partial charge in [-0.05, 0) is 20.3 Å². The maximum atomic E-state index is 10.7. The molecule has 0 amide bonds. The normalized spacial score (nSPS) is 11.9. The maximum absolute atomic E-state index is 10.7. The first-order valence-corrected chi connectivity index (χ1v) is 5.03. The number of nitro groups is 1. The van der Waals surface area contributed by atoms with Gasteiger partial charge in [0.1, 0.15) is 5.82 Å².